The molecule has 3 amide bonds. The number of carbonyl (C=O) groups excluding carboxylic acids is 2. The van der Waals surface area contributed by atoms with Gasteiger partial charge < -0.3 is 19.9 Å². The highest BCUT2D eigenvalue weighted by molar-refractivity contribution is 5.78. The Morgan fingerprint density at radius 2 is 1.68 bits per heavy atom. The maximum Gasteiger partial charge on any atom is 0.434 e. The molecule has 11 heteroatoms. The van der Waals surface area contributed by atoms with E-state index in [4.69, 9.17) is 4.74 Å². The summed E-state index contributed by atoms with van der Waals surface area (Å²) in [7, 11) is 0. The maximum atomic E-state index is 12.5. The number of nitrogens with one attached hydrogen (secondary N) is 1. The van der Waals surface area contributed by atoms with Gasteiger partial charge in [0, 0.05) is 39.0 Å². The Hall–Kier alpha value is -3.37. The van der Waals surface area contributed by atoms with Crippen molar-refractivity contribution in [2.75, 3.05) is 26.2 Å². The molecular weight excluding hydrogens is 415 g/mol. The van der Waals surface area contributed by atoms with Crippen molar-refractivity contribution >= 4 is 11.9 Å². The number of ether oxygens (including phenoxy) is 1. The first-order valence-corrected chi connectivity index (χ1v) is 9.67. The van der Waals surface area contributed by atoms with Gasteiger partial charge in [0.05, 0.1) is 18.4 Å². The number of urea groups is 1. The van der Waals surface area contributed by atoms with Crippen LogP contribution in [-0.4, -0.2) is 63.9 Å². The van der Waals surface area contributed by atoms with Crippen LogP contribution in [0.2, 0.25) is 0 Å². The maximum absolute atomic E-state index is 12.5. The van der Waals surface area contributed by atoms with E-state index < -0.39 is 11.9 Å². The first-order valence-electron chi connectivity index (χ1n) is 9.67. The van der Waals surface area contributed by atoms with Crippen LogP contribution < -0.4 is 10.1 Å². The van der Waals surface area contributed by atoms with Crippen molar-refractivity contribution in [3.05, 3.63) is 47.9 Å². The first-order chi connectivity index (χ1) is 14.7. The minimum Gasteiger partial charge on any atom is -0.438 e. The van der Waals surface area contributed by atoms with Gasteiger partial charge in [0.15, 0.2) is 5.69 Å². The van der Waals surface area contributed by atoms with E-state index in [1.54, 1.807) is 21.9 Å². The van der Waals surface area contributed by atoms with Crippen LogP contribution in [0, 0.1) is 0 Å². The van der Waals surface area contributed by atoms with Crippen LogP contribution >= 0.6 is 0 Å². The molecule has 2 aliphatic rings. The lowest BCUT2D eigenvalue weighted by atomic mass is 9.91. The molecule has 1 N–H and O–H groups in total. The van der Waals surface area contributed by atoms with Gasteiger partial charge in [-0.2, -0.15) is 13.2 Å². The van der Waals surface area contributed by atoms with Gasteiger partial charge in [0.25, 0.3) is 0 Å². The number of amides is 3. The minimum atomic E-state index is -4.55. The molecule has 1 aromatic carbocycles. The number of carbonyl (C=O) groups is 2. The standard InChI is InChI=1S/C20H20F3N5O3/c1-12(29)26-15-10-28(11-15)19(30)27-8-14(9-27)13-2-4-16(5-3-13)31-18-7-24-17(6-25-18)20(21,22)23/h2-7,14-15H,8-11H2,1H3,(H,26,29). The monoisotopic (exact) mass is 435 g/mol. The Balaban J connectivity index is 1.25. The summed E-state index contributed by atoms with van der Waals surface area (Å²) >= 11 is 0. The van der Waals surface area contributed by atoms with Gasteiger partial charge in [-0.15, -0.1) is 0 Å². The lowest BCUT2D eigenvalue weighted by Gasteiger charge is -2.47. The summed E-state index contributed by atoms with van der Waals surface area (Å²) in [4.78, 5) is 33.8. The Labute approximate surface area is 176 Å². The second kappa shape index (κ2) is 8.05. The molecule has 164 valence electrons. The number of hydrogen-bond donors (Lipinski definition) is 1. The van der Waals surface area contributed by atoms with Crippen LogP contribution in [0.25, 0.3) is 0 Å². The van der Waals surface area contributed by atoms with E-state index in [0.29, 0.717) is 38.1 Å². The van der Waals surface area contributed by atoms with Crippen LogP contribution in [0.15, 0.2) is 36.7 Å². The summed E-state index contributed by atoms with van der Waals surface area (Å²) in [5.74, 6) is 0.498. The predicted octanol–water partition coefficient (Wildman–Crippen LogP) is 2.63. The summed E-state index contributed by atoms with van der Waals surface area (Å²) in [6.45, 7) is 3.71. The molecule has 2 aliphatic heterocycles. The molecule has 0 bridgehead atoms. The molecule has 0 saturated carbocycles. The molecule has 0 aliphatic carbocycles. The molecule has 8 nitrogen and oxygen atoms in total. The second-order valence-corrected chi connectivity index (χ2v) is 7.60. The number of rotatable bonds is 4. The molecule has 0 radical (unpaired) electrons. The molecule has 0 unspecified atom stereocenters. The third kappa shape index (κ3) is 4.70. The zero-order chi connectivity index (χ0) is 22.2. The smallest absolute Gasteiger partial charge is 0.434 e. The second-order valence-electron chi connectivity index (χ2n) is 7.60. The van der Waals surface area contributed by atoms with Crippen molar-refractivity contribution in [2.24, 2.45) is 0 Å². The molecule has 0 spiro atoms. The van der Waals surface area contributed by atoms with Gasteiger partial charge in [-0.1, -0.05) is 12.1 Å². The number of hydrogen-bond acceptors (Lipinski definition) is 5. The summed E-state index contributed by atoms with van der Waals surface area (Å²) in [5, 5.41) is 2.78. The van der Waals surface area contributed by atoms with Crippen LogP contribution in [-0.2, 0) is 11.0 Å². The number of halogens is 3. The molecule has 0 atom stereocenters. The van der Waals surface area contributed by atoms with Crippen molar-refractivity contribution in [3.8, 4) is 11.6 Å². The molecule has 1 aromatic heterocycles. The van der Waals surface area contributed by atoms with Gasteiger partial charge >= 0.3 is 12.2 Å². The van der Waals surface area contributed by atoms with E-state index in [1.807, 2.05) is 12.1 Å². The van der Waals surface area contributed by atoms with E-state index in [2.05, 4.69) is 15.3 Å². The van der Waals surface area contributed by atoms with E-state index >= 15 is 0 Å². The van der Waals surface area contributed by atoms with E-state index in [9.17, 15) is 22.8 Å². The number of aromatic nitrogens is 2. The summed E-state index contributed by atoms with van der Waals surface area (Å²) in [5.41, 5.74) is -0.0437. The SMILES string of the molecule is CC(=O)NC1CN(C(=O)N2CC(c3ccc(Oc4cnc(C(F)(F)F)cn4)cc3)C2)C1. The van der Waals surface area contributed by atoms with Crippen molar-refractivity contribution in [1.82, 2.24) is 25.1 Å². The van der Waals surface area contributed by atoms with Gasteiger partial charge in [0.1, 0.15) is 5.75 Å². The largest absolute Gasteiger partial charge is 0.438 e. The molecule has 3 heterocycles. The number of alkyl halides is 3. The zero-order valence-corrected chi connectivity index (χ0v) is 16.6. The average Bonchev–Trinajstić information content (AvgIpc) is 2.64. The fourth-order valence-electron chi connectivity index (χ4n) is 3.50. The summed E-state index contributed by atoms with van der Waals surface area (Å²) in [6.07, 6.45) is -2.99. The van der Waals surface area contributed by atoms with Crippen molar-refractivity contribution in [3.63, 3.8) is 0 Å². The third-order valence-electron chi connectivity index (χ3n) is 5.20. The van der Waals surface area contributed by atoms with Crippen molar-refractivity contribution in [1.29, 1.82) is 0 Å². The van der Waals surface area contributed by atoms with Crippen LogP contribution in [0.1, 0.15) is 24.1 Å². The molecule has 2 saturated heterocycles. The van der Waals surface area contributed by atoms with Crippen LogP contribution in [0.3, 0.4) is 0 Å². The van der Waals surface area contributed by atoms with Crippen molar-refractivity contribution < 1.29 is 27.5 Å². The Morgan fingerprint density at radius 3 is 2.23 bits per heavy atom. The van der Waals surface area contributed by atoms with Gasteiger partial charge in [-0.25, -0.2) is 14.8 Å². The molecule has 2 fully saturated rings. The number of benzene rings is 1. The first kappa shape index (κ1) is 20.9. The van der Waals surface area contributed by atoms with Crippen LogP contribution in [0.5, 0.6) is 11.6 Å². The normalized spacial score (nSPS) is 17.0. The Morgan fingerprint density at radius 1 is 1.03 bits per heavy atom. The Bertz CT molecular complexity index is 954. The number of nitrogens with zero attached hydrogens (tertiary/aromatic N) is 4. The van der Waals surface area contributed by atoms with Gasteiger partial charge in [-0.05, 0) is 17.7 Å². The number of likely N-dealkylation sites (tertiary alicyclic amines) is 2. The quantitative estimate of drug-likeness (QED) is 0.798. The molecule has 2 aromatic rings. The lowest BCUT2D eigenvalue weighted by Crippen LogP contribution is -2.65. The minimum absolute atomic E-state index is 0.0282. The highest BCUT2D eigenvalue weighted by Crippen LogP contribution is 2.31. The topological polar surface area (TPSA) is 87.7 Å². The molecule has 31 heavy (non-hydrogen) atoms. The van der Waals surface area contributed by atoms with Gasteiger partial charge in [-0.3, -0.25) is 4.79 Å². The zero-order valence-electron chi connectivity index (χ0n) is 16.6. The van der Waals surface area contributed by atoms with Crippen LogP contribution in [0.4, 0.5) is 18.0 Å². The third-order valence-corrected chi connectivity index (χ3v) is 5.20. The van der Waals surface area contributed by atoms with Crippen molar-refractivity contribution in [2.45, 2.75) is 25.1 Å². The Kier molecular flexibility index (Phi) is 5.42. The van der Waals surface area contributed by atoms with Gasteiger partial charge in [0.2, 0.25) is 11.8 Å². The molecule has 4 rings (SSSR count). The van der Waals surface area contributed by atoms with E-state index in [1.165, 1.54) is 6.92 Å². The van der Waals surface area contributed by atoms with E-state index in [-0.39, 0.29) is 29.8 Å². The highest BCUT2D eigenvalue weighted by atomic mass is 19.4. The lowest BCUT2D eigenvalue weighted by molar-refractivity contribution is -0.141. The fourth-order valence-corrected chi connectivity index (χ4v) is 3.50. The predicted molar refractivity (Wildman–Crippen MR) is 102 cm³/mol. The average molecular weight is 435 g/mol. The van der Waals surface area contributed by atoms with E-state index in [0.717, 1.165) is 11.8 Å². The summed E-state index contributed by atoms with van der Waals surface area (Å²) < 4.78 is 43.0. The molecular formula is C20H20F3N5O3. The fraction of sp³-hybridized carbons (Fsp3) is 0.400. The highest BCUT2D eigenvalue weighted by Gasteiger charge is 2.39. The summed E-state index contributed by atoms with van der Waals surface area (Å²) in [6, 6.07) is 7.12.